The predicted molar refractivity (Wildman–Crippen MR) is 151 cm³/mol. The lowest BCUT2D eigenvalue weighted by atomic mass is 10.1. The van der Waals surface area contributed by atoms with Gasteiger partial charge in [-0.05, 0) is 68.1 Å². The zero-order chi connectivity index (χ0) is 27.0. The third-order valence-corrected chi connectivity index (χ3v) is 6.15. The fraction of sp³-hybridized carbons (Fsp3) is 0.370. The van der Waals surface area contributed by atoms with Crippen molar-refractivity contribution in [1.82, 2.24) is 10.2 Å². The van der Waals surface area contributed by atoms with E-state index >= 15 is 0 Å². The molecule has 0 aliphatic rings. The van der Waals surface area contributed by atoms with Gasteiger partial charge in [0.1, 0.15) is 5.03 Å². The topological polar surface area (TPSA) is 106 Å². The standard InChI is InChI=1S/C27H36N4O5S/c1-30(18-15-22-11-14-24(35-2)25(19-22)36-3)17-6-16-28-26(32)8-5-7-21-9-12-23(13-10-21)29-27(37-4)20-31(33)34/h5,7,9-14,19-20,29H,6,8,15-18H2,1-4H3,(H,28,32)/b7-5+,27-20?. The summed E-state index contributed by atoms with van der Waals surface area (Å²) in [4.78, 5) is 24.5. The molecule has 0 saturated heterocycles. The quantitative estimate of drug-likeness (QED) is 0.184. The molecule has 0 unspecified atom stereocenters. The molecule has 37 heavy (non-hydrogen) atoms. The molecule has 200 valence electrons. The summed E-state index contributed by atoms with van der Waals surface area (Å²) in [6, 6.07) is 13.4. The summed E-state index contributed by atoms with van der Waals surface area (Å²) < 4.78 is 10.6. The molecule has 0 heterocycles. The molecule has 0 aliphatic carbocycles. The van der Waals surface area contributed by atoms with Crippen LogP contribution in [0.2, 0.25) is 0 Å². The van der Waals surface area contributed by atoms with Crippen molar-refractivity contribution in [3.8, 4) is 11.5 Å². The molecule has 2 aromatic carbocycles. The van der Waals surface area contributed by atoms with Crippen LogP contribution in [0.15, 0.2) is 59.8 Å². The molecular weight excluding hydrogens is 492 g/mol. The minimum Gasteiger partial charge on any atom is -0.493 e. The first kappa shape index (κ1) is 29.7. The second-order valence-corrected chi connectivity index (χ2v) is 9.13. The van der Waals surface area contributed by atoms with Gasteiger partial charge < -0.3 is 25.0 Å². The first-order chi connectivity index (χ1) is 17.8. The maximum atomic E-state index is 12.1. The molecule has 0 radical (unpaired) electrons. The Bertz CT molecular complexity index is 1070. The highest BCUT2D eigenvalue weighted by molar-refractivity contribution is 8.02. The van der Waals surface area contributed by atoms with Gasteiger partial charge in [-0.3, -0.25) is 14.9 Å². The van der Waals surface area contributed by atoms with Crippen molar-refractivity contribution in [3.05, 3.63) is 81.0 Å². The molecule has 1 amide bonds. The smallest absolute Gasteiger partial charge is 0.264 e. The van der Waals surface area contributed by atoms with Crippen LogP contribution in [0.1, 0.15) is 24.0 Å². The molecule has 9 nitrogen and oxygen atoms in total. The summed E-state index contributed by atoms with van der Waals surface area (Å²) in [7, 11) is 5.34. The number of likely N-dealkylation sites (N-methyl/N-ethyl adjacent to an activating group) is 1. The summed E-state index contributed by atoms with van der Waals surface area (Å²) in [6.07, 6.45) is 8.49. The SMILES string of the molecule is COc1ccc(CCN(C)CCCNC(=O)C/C=C/c2ccc(NC(=C[N+](=O)[O-])SC)cc2)cc1OC. The van der Waals surface area contributed by atoms with E-state index in [-0.39, 0.29) is 5.91 Å². The van der Waals surface area contributed by atoms with Crippen molar-refractivity contribution in [1.29, 1.82) is 0 Å². The van der Waals surface area contributed by atoms with Crippen LogP contribution in [0, 0.1) is 10.1 Å². The van der Waals surface area contributed by atoms with E-state index in [1.165, 1.54) is 17.3 Å². The van der Waals surface area contributed by atoms with Gasteiger partial charge in [0.05, 0.1) is 19.1 Å². The van der Waals surface area contributed by atoms with E-state index in [4.69, 9.17) is 9.47 Å². The Morgan fingerprint density at radius 1 is 1.11 bits per heavy atom. The number of ether oxygens (including phenoxy) is 2. The third-order valence-electron chi connectivity index (χ3n) is 5.50. The molecule has 0 aromatic heterocycles. The summed E-state index contributed by atoms with van der Waals surface area (Å²) in [5.74, 6) is 1.45. The minimum atomic E-state index is -0.485. The third kappa shape index (κ3) is 11.4. The number of carbonyl (C=O) groups is 1. The van der Waals surface area contributed by atoms with Crippen LogP contribution < -0.4 is 20.1 Å². The van der Waals surface area contributed by atoms with Crippen LogP contribution in [0.3, 0.4) is 0 Å². The first-order valence-corrected chi connectivity index (χ1v) is 13.2. The van der Waals surface area contributed by atoms with Crippen LogP contribution >= 0.6 is 11.8 Å². The monoisotopic (exact) mass is 528 g/mol. The number of thioether (sulfide) groups is 1. The van der Waals surface area contributed by atoms with Gasteiger partial charge in [-0.1, -0.05) is 30.4 Å². The van der Waals surface area contributed by atoms with Crippen molar-refractivity contribution in [2.24, 2.45) is 0 Å². The lowest BCUT2D eigenvalue weighted by Crippen LogP contribution is -2.28. The number of benzene rings is 2. The largest absolute Gasteiger partial charge is 0.493 e. The molecule has 0 bridgehead atoms. The Balaban J connectivity index is 1.64. The molecule has 0 atom stereocenters. The Morgan fingerprint density at radius 2 is 1.84 bits per heavy atom. The average Bonchev–Trinajstić information content (AvgIpc) is 2.90. The van der Waals surface area contributed by atoms with Crippen molar-refractivity contribution < 1.29 is 19.2 Å². The summed E-state index contributed by atoms with van der Waals surface area (Å²) >= 11 is 1.27. The number of nitrogens with zero attached hydrogens (tertiary/aromatic N) is 2. The van der Waals surface area contributed by atoms with Crippen molar-refractivity contribution >= 4 is 29.4 Å². The van der Waals surface area contributed by atoms with Crippen molar-refractivity contribution in [2.75, 3.05) is 52.5 Å². The normalized spacial score (nSPS) is 11.5. The first-order valence-electron chi connectivity index (χ1n) is 11.9. The van der Waals surface area contributed by atoms with Gasteiger partial charge in [0, 0.05) is 25.2 Å². The van der Waals surface area contributed by atoms with Crippen molar-refractivity contribution in [2.45, 2.75) is 19.3 Å². The number of hydrogen-bond acceptors (Lipinski definition) is 8. The molecular formula is C27H36N4O5S. The number of amides is 1. The Morgan fingerprint density at radius 3 is 2.49 bits per heavy atom. The molecule has 10 heteroatoms. The van der Waals surface area contributed by atoms with Gasteiger partial charge in [-0.2, -0.15) is 0 Å². The second-order valence-electron chi connectivity index (χ2n) is 8.28. The maximum Gasteiger partial charge on any atom is 0.264 e. The number of anilines is 1. The lowest BCUT2D eigenvalue weighted by molar-refractivity contribution is -0.402. The highest BCUT2D eigenvalue weighted by Gasteiger charge is 2.06. The molecule has 0 spiro atoms. The number of carbonyl (C=O) groups excluding carboxylic acids is 1. The average molecular weight is 529 g/mol. The maximum absolute atomic E-state index is 12.1. The summed E-state index contributed by atoms with van der Waals surface area (Å²) in [5, 5.41) is 17.0. The minimum absolute atomic E-state index is 0.0166. The van der Waals surface area contributed by atoms with Gasteiger partial charge in [-0.25, -0.2) is 0 Å². The zero-order valence-corrected chi connectivity index (χ0v) is 22.7. The van der Waals surface area contributed by atoms with Crippen LogP contribution in [0.4, 0.5) is 5.69 Å². The Hall–Kier alpha value is -3.50. The van der Waals surface area contributed by atoms with E-state index < -0.39 is 4.92 Å². The number of methoxy groups -OCH3 is 2. The van der Waals surface area contributed by atoms with Gasteiger partial charge in [-0.15, -0.1) is 11.8 Å². The van der Waals surface area contributed by atoms with Crippen LogP contribution in [-0.4, -0.2) is 62.9 Å². The fourth-order valence-electron chi connectivity index (χ4n) is 3.47. The van der Waals surface area contributed by atoms with E-state index in [0.717, 1.165) is 54.9 Å². The zero-order valence-electron chi connectivity index (χ0n) is 21.9. The van der Waals surface area contributed by atoms with E-state index in [9.17, 15) is 14.9 Å². The highest BCUT2D eigenvalue weighted by Crippen LogP contribution is 2.27. The Kier molecular flexibility index (Phi) is 13.1. The van der Waals surface area contributed by atoms with E-state index in [1.54, 1.807) is 20.5 Å². The lowest BCUT2D eigenvalue weighted by Gasteiger charge is -2.17. The van der Waals surface area contributed by atoms with Gasteiger partial charge >= 0.3 is 0 Å². The summed E-state index contributed by atoms with van der Waals surface area (Å²) in [5.41, 5.74) is 2.89. The van der Waals surface area contributed by atoms with E-state index in [1.807, 2.05) is 54.6 Å². The molecule has 0 aliphatic heterocycles. The molecule has 0 fully saturated rings. The van der Waals surface area contributed by atoms with Gasteiger partial charge in [0.2, 0.25) is 5.91 Å². The molecule has 2 N–H and O–H groups in total. The summed E-state index contributed by atoms with van der Waals surface area (Å²) in [6.45, 7) is 2.42. The van der Waals surface area contributed by atoms with Crippen molar-refractivity contribution in [3.63, 3.8) is 0 Å². The second kappa shape index (κ2) is 16.3. The van der Waals surface area contributed by atoms with E-state index in [0.29, 0.717) is 18.0 Å². The van der Waals surface area contributed by atoms with Crippen LogP contribution in [-0.2, 0) is 11.2 Å². The number of nitrogens with one attached hydrogen (secondary N) is 2. The van der Waals surface area contributed by atoms with Gasteiger partial charge in [0.15, 0.2) is 11.5 Å². The van der Waals surface area contributed by atoms with Crippen LogP contribution in [0.5, 0.6) is 11.5 Å². The van der Waals surface area contributed by atoms with Crippen LogP contribution in [0.25, 0.3) is 6.08 Å². The highest BCUT2D eigenvalue weighted by atomic mass is 32.2. The van der Waals surface area contributed by atoms with E-state index in [2.05, 4.69) is 22.6 Å². The number of rotatable bonds is 16. The number of hydrogen-bond donors (Lipinski definition) is 2. The van der Waals surface area contributed by atoms with Gasteiger partial charge in [0.25, 0.3) is 6.20 Å². The molecule has 2 rings (SSSR count). The number of nitro groups is 1. The Labute approximate surface area is 223 Å². The molecule has 0 saturated carbocycles. The fourth-order valence-corrected chi connectivity index (χ4v) is 3.88. The predicted octanol–water partition coefficient (Wildman–Crippen LogP) is 4.64. The molecule has 2 aromatic rings.